The molecule has 0 spiro atoms. The van der Waals surface area contributed by atoms with Gasteiger partial charge in [0.2, 0.25) is 0 Å². The topological polar surface area (TPSA) is 25.8 Å². The fraction of sp³-hybridized carbons (Fsp3) is 0. The van der Waals surface area contributed by atoms with Crippen molar-refractivity contribution < 1.29 is 0 Å². The van der Waals surface area contributed by atoms with Crippen molar-refractivity contribution in [1.82, 2.24) is 9.97 Å². The minimum absolute atomic E-state index is 0.800. The van der Waals surface area contributed by atoms with Crippen LogP contribution in [0.4, 0.5) is 0 Å². The van der Waals surface area contributed by atoms with Gasteiger partial charge in [0.25, 0.3) is 0 Å². The molecule has 2 nitrogen and oxygen atoms in total. The number of aromatic nitrogens is 2. The normalized spacial score (nSPS) is 9.92. The molecule has 64 valence electrons. The summed E-state index contributed by atoms with van der Waals surface area (Å²) in [5, 5.41) is 0. The van der Waals surface area contributed by atoms with Crippen LogP contribution in [-0.4, -0.2) is 9.97 Å². The summed E-state index contributed by atoms with van der Waals surface area (Å²) in [5.74, 6) is 0. The first-order valence-corrected chi connectivity index (χ1v) is 4.37. The van der Waals surface area contributed by atoms with Gasteiger partial charge in [0.1, 0.15) is 6.33 Å². The number of thiol groups is 1. The molecule has 0 saturated carbocycles. The van der Waals surface area contributed by atoms with Crippen molar-refractivity contribution in [2.45, 2.75) is 4.90 Å². The van der Waals surface area contributed by atoms with Gasteiger partial charge in [0.05, 0.1) is 5.69 Å². The minimum Gasteiger partial charge on any atom is -0.244 e. The Morgan fingerprint density at radius 2 is 1.85 bits per heavy atom. The largest absolute Gasteiger partial charge is 0.244 e. The third-order valence-corrected chi connectivity index (χ3v) is 2.07. The van der Waals surface area contributed by atoms with Gasteiger partial charge in [-0.3, -0.25) is 0 Å². The third kappa shape index (κ3) is 1.70. The van der Waals surface area contributed by atoms with Gasteiger partial charge in [-0.05, 0) is 0 Å². The molecule has 0 amide bonds. The summed E-state index contributed by atoms with van der Waals surface area (Å²) >= 11 is 4.28. The van der Waals surface area contributed by atoms with Crippen LogP contribution in [-0.2, 0) is 0 Å². The van der Waals surface area contributed by atoms with Gasteiger partial charge < -0.3 is 0 Å². The predicted octanol–water partition coefficient (Wildman–Crippen LogP) is 2.43. The van der Waals surface area contributed by atoms with Crippen molar-refractivity contribution in [2.75, 3.05) is 0 Å². The molecule has 0 aliphatic carbocycles. The highest BCUT2D eigenvalue weighted by atomic mass is 32.1. The van der Waals surface area contributed by atoms with E-state index in [1.807, 2.05) is 30.3 Å². The van der Waals surface area contributed by atoms with Gasteiger partial charge in [-0.2, -0.15) is 0 Å². The molecule has 0 unspecified atom stereocenters. The maximum absolute atomic E-state index is 4.28. The van der Waals surface area contributed by atoms with Gasteiger partial charge in [-0.25, -0.2) is 9.97 Å². The van der Waals surface area contributed by atoms with Gasteiger partial charge in [0.15, 0.2) is 0 Å². The predicted molar refractivity (Wildman–Crippen MR) is 54.7 cm³/mol. The van der Waals surface area contributed by atoms with Crippen molar-refractivity contribution in [2.24, 2.45) is 0 Å². The molecule has 3 heteroatoms. The Bertz CT molecular complexity index is 401. The molecule has 0 aliphatic rings. The van der Waals surface area contributed by atoms with Crippen LogP contribution in [0.15, 0.2) is 47.8 Å². The number of nitrogens with zero attached hydrogens (tertiary/aromatic N) is 2. The summed E-state index contributed by atoms with van der Waals surface area (Å²) in [6.07, 6.45) is 3.22. The van der Waals surface area contributed by atoms with E-state index in [0.717, 1.165) is 16.2 Å². The zero-order chi connectivity index (χ0) is 9.10. The molecule has 0 aliphatic heterocycles. The number of hydrogen-bond acceptors (Lipinski definition) is 3. The van der Waals surface area contributed by atoms with Gasteiger partial charge in [-0.15, -0.1) is 12.6 Å². The average Bonchev–Trinajstić information content (AvgIpc) is 2.20. The minimum atomic E-state index is 0.800. The SMILES string of the molecule is Sc1cncnc1-c1ccccc1. The lowest BCUT2D eigenvalue weighted by Gasteiger charge is -2.01. The van der Waals surface area contributed by atoms with Crippen LogP contribution in [0, 0.1) is 0 Å². The van der Waals surface area contributed by atoms with Gasteiger partial charge in [0, 0.05) is 16.7 Å². The van der Waals surface area contributed by atoms with Crippen LogP contribution in [0.3, 0.4) is 0 Å². The highest BCUT2D eigenvalue weighted by Gasteiger charge is 2.01. The number of rotatable bonds is 1. The van der Waals surface area contributed by atoms with Crippen LogP contribution in [0.2, 0.25) is 0 Å². The molecule has 2 aromatic rings. The molecule has 1 aromatic carbocycles. The second-order valence-corrected chi connectivity index (χ2v) is 3.10. The van der Waals surface area contributed by atoms with Crippen molar-refractivity contribution in [1.29, 1.82) is 0 Å². The van der Waals surface area contributed by atoms with E-state index in [-0.39, 0.29) is 0 Å². The number of hydrogen-bond donors (Lipinski definition) is 1. The van der Waals surface area contributed by atoms with Crippen molar-refractivity contribution >= 4 is 12.6 Å². The second kappa shape index (κ2) is 3.58. The lowest BCUT2D eigenvalue weighted by atomic mass is 10.1. The van der Waals surface area contributed by atoms with E-state index in [4.69, 9.17) is 0 Å². The van der Waals surface area contributed by atoms with E-state index in [0.29, 0.717) is 0 Å². The summed E-state index contributed by atoms with van der Waals surface area (Å²) in [7, 11) is 0. The van der Waals surface area contributed by atoms with E-state index < -0.39 is 0 Å². The van der Waals surface area contributed by atoms with Crippen molar-refractivity contribution in [3.8, 4) is 11.3 Å². The van der Waals surface area contributed by atoms with Crippen LogP contribution in [0.1, 0.15) is 0 Å². The highest BCUT2D eigenvalue weighted by Crippen LogP contribution is 2.21. The van der Waals surface area contributed by atoms with E-state index in [9.17, 15) is 0 Å². The molecule has 1 aromatic heterocycles. The molecular weight excluding hydrogens is 180 g/mol. The number of benzene rings is 1. The van der Waals surface area contributed by atoms with E-state index in [1.165, 1.54) is 6.33 Å². The Hall–Kier alpha value is -1.35. The highest BCUT2D eigenvalue weighted by molar-refractivity contribution is 7.80. The smallest absolute Gasteiger partial charge is 0.116 e. The molecule has 2 rings (SSSR count). The standard InChI is InChI=1S/C10H8N2S/c13-9-6-11-7-12-10(9)8-4-2-1-3-5-8/h1-7,13H. The van der Waals surface area contributed by atoms with Crippen molar-refractivity contribution in [3.05, 3.63) is 42.9 Å². The molecule has 0 bridgehead atoms. The first kappa shape index (κ1) is 8.26. The first-order chi connectivity index (χ1) is 6.38. The Morgan fingerprint density at radius 3 is 2.54 bits per heavy atom. The lowest BCUT2D eigenvalue weighted by molar-refractivity contribution is 1.11. The summed E-state index contributed by atoms with van der Waals surface area (Å²) < 4.78 is 0. The zero-order valence-corrected chi connectivity index (χ0v) is 7.78. The second-order valence-electron chi connectivity index (χ2n) is 2.62. The molecule has 0 fully saturated rings. The fourth-order valence-electron chi connectivity index (χ4n) is 1.14. The average molecular weight is 188 g/mol. The Balaban J connectivity index is 2.54. The van der Waals surface area contributed by atoms with Crippen LogP contribution >= 0.6 is 12.6 Å². The summed E-state index contributed by atoms with van der Waals surface area (Å²) in [5.41, 5.74) is 1.94. The van der Waals surface area contributed by atoms with E-state index in [1.54, 1.807) is 6.20 Å². The monoisotopic (exact) mass is 188 g/mol. The van der Waals surface area contributed by atoms with E-state index in [2.05, 4.69) is 22.6 Å². The summed E-state index contributed by atoms with van der Waals surface area (Å²) in [4.78, 5) is 8.84. The van der Waals surface area contributed by atoms with E-state index >= 15 is 0 Å². The zero-order valence-electron chi connectivity index (χ0n) is 6.88. The quantitative estimate of drug-likeness (QED) is 0.695. The molecule has 13 heavy (non-hydrogen) atoms. The Kier molecular flexibility index (Phi) is 2.27. The van der Waals surface area contributed by atoms with Crippen LogP contribution in [0.5, 0.6) is 0 Å². The first-order valence-electron chi connectivity index (χ1n) is 3.92. The fourth-order valence-corrected chi connectivity index (χ4v) is 1.39. The third-order valence-electron chi connectivity index (χ3n) is 1.74. The lowest BCUT2D eigenvalue weighted by Crippen LogP contribution is -1.85. The van der Waals surface area contributed by atoms with Gasteiger partial charge in [-0.1, -0.05) is 30.3 Å². The molecule has 0 saturated heterocycles. The Labute approximate surface area is 82.1 Å². The van der Waals surface area contributed by atoms with Crippen molar-refractivity contribution in [3.63, 3.8) is 0 Å². The molecule has 0 radical (unpaired) electrons. The molecule has 0 atom stereocenters. The molecule has 0 N–H and O–H groups in total. The maximum Gasteiger partial charge on any atom is 0.116 e. The maximum atomic E-state index is 4.28. The van der Waals surface area contributed by atoms with Gasteiger partial charge >= 0.3 is 0 Å². The summed E-state index contributed by atoms with van der Waals surface area (Å²) in [6.45, 7) is 0. The van der Waals surface area contributed by atoms with Crippen LogP contribution in [0.25, 0.3) is 11.3 Å². The molecular formula is C10H8N2S. The van der Waals surface area contributed by atoms with Crippen LogP contribution < -0.4 is 0 Å². The molecule has 1 heterocycles. The Morgan fingerprint density at radius 1 is 1.08 bits per heavy atom. The summed E-state index contributed by atoms with van der Waals surface area (Å²) in [6, 6.07) is 9.93.